The summed E-state index contributed by atoms with van der Waals surface area (Å²) in [5.41, 5.74) is 1.40. The number of quaternary nitrogens is 1. The van der Waals surface area contributed by atoms with Gasteiger partial charge in [-0.05, 0) is 36.6 Å². The summed E-state index contributed by atoms with van der Waals surface area (Å²) in [4.78, 5) is 14.0. The third kappa shape index (κ3) is 4.70. The predicted molar refractivity (Wildman–Crippen MR) is 118 cm³/mol. The summed E-state index contributed by atoms with van der Waals surface area (Å²) in [6.45, 7) is 1.60. The Bertz CT molecular complexity index is 904. The largest absolute Gasteiger partial charge is 0.504 e. The van der Waals surface area contributed by atoms with Crippen molar-refractivity contribution in [1.29, 1.82) is 0 Å². The van der Waals surface area contributed by atoms with Crippen LogP contribution in [0.15, 0.2) is 48.5 Å². The second kappa shape index (κ2) is 9.28. The summed E-state index contributed by atoms with van der Waals surface area (Å²) in [5.74, 6) is 0.621. The van der Waals surface area contributed by atoms with Gasteiger partial charge in [0.2, 0.25) is 0 Å². The van der Waals surface area contributed by atoms with Gasteiger partial charge in [-0.1, -0.05) is 43.2 Å². The summed E-state index contributed by atoms with van der Waals surface area (Å²) in [6.07, 6.45) is 4.61. The van der Waals surface area contributed by atoms with Crippen molar-refractivity contribution in [2.45, 2.75) is 50.3 Å². The van der Waals surface area contributed by atoms with E-state index in [9.17, 15) is 15.0 Å². The molecule has 2 fully saturated rings. The molecule has 1 unspecified atom stereocenters. The van der Waals surface area contributed by atoms with Gasteiger partial charge in [-0.2, -0.15) is 0 Å². The van der Waals surface area contributed by atoms with Crippen molar-refractivity contribution in [1.82, 2.24) is 5.32 Å². The molecule has 166 valence electrons. The van der Waals surface area contributed by atoms with Gasteiger partial charge in [-0.15, -0.1) is 0 Å². The van der Waals surface area contributed by atoms with E-state index in [1.807, 2.05) is 42.5 Å². The minimum absolute atomic E-state index is 0.0100. The third-order valence-electron chi connectivity index (χ3n) is 7.07. The zero-order valence-electron chi connectivity index (χ0n) is 18.1. The van der Waals surface area contributed by atoms with Crippen LogP contribution in [-0.4, -0.2) is 41.9 Å². The molecule has 2 aliphatic rings. The minimum atomic E-state index is -0.682. The molecule has 4 N–H and O–H groups in total. The molecule has 1 aliphatic heterocycles. The number of aliphatic hydroxyl groups is 1. The SMILES string of the molecule is COc1cc([C@H]2[C@@H]3CCCC[C@]3(O)CC[NH+]2CC(=O)NCc2ccccc2)ccc1O. The lowest BCUT2D eigenvalue weighted by molar-refractivity contribution is -0.937. The molecule has 1 saturated carbocycles. The Hall–Kier alpha value is -2.57. The number of rotatable bonds is 6. The molecule has 1 saturated heterocycles. The van der Waals surface area contributed by atoms with Gasteiger partial charge in [-0.3, -0.25) is 4.79 Å². The monoisotopic (exact) mass is 425 g/mol. The Kier molecular flexibility index (Phi) is 6.49. The summed E-state index contributed by atoms with van der Waals surface area (Å²) in [7, 11) is 1.54. The molecule has 6 nitrogen and oxygen atoms in total. The maximum atomic E-state index is 12.8. The summed E-state index contributed by atoms with van der Waals surface area (Å²) in [6, 6.07) is 15.3. The standard InChI is InChI=1S/C25H32N2O4/c1-31-22-15-19(10-11-21(22)28)24-20-9-5-6-12-25(20,30)13-14-27(24)17-23(29)26-16-18-7-3-2-4-8-18/h2-4,7-8,10-11,15,20,24,28,30H,5-6,9,12-14,16-17H2,1H3,(H,26,29)/p+1/t20-,24-,25-/m0/s1. The number of phenolic OH excluding ortho intramolecular Hbond substituents is 1. The number of hydrogen-bond acceptors (Lipinski definition) is 4. The van der Waals surface area contributed by atoms with Crippen LogP contribution >= 0.6 is 0 Å². The van der Waals surface area contributed by atoms with E-state index in [0.29, 0.717) is 25.3 Å². The summed E-state index contributed by atoms with van der Waals surface area (Å²) >= 11 is 0. The molecule has 4 atom stereocenters. The molecule has 1 aliphatic carbocycles. The average molecular weight is 426 g/mol. The molecule has 0 spiro atoms. The quantitative estimate of drug-likeness (QED) is 0.570. The van der Waals surface area contributed by atoms with Gasteiger partial charge < -0.3 is 25.2 Å². The van der Waals surface area contributed by atoms with Crippen molar-refractivity contribution in [2.75, 3.05) is 20.2 Å². The van der Waals surface area contributed by atoms with Crippen LogP contribution in [0.4, 0.5) is 0 Å². The average Bonchev–Trinajstić information content (AvgIpc) is 2.79. The number of piperidine rings is 1. The number of carbonyl (C=O) groups is 1. The van der Waals surface area contributed by atoms with E-state index in [1.54, 1.807) is 6.07 Å². The van der Waals surface area contributed by atoms with Gasteiger partial charge in [-0.25, -0.2) is 0 Å². The lowest BCUT2D eigenvalue weighted by Gasteiger charge is -2.50. The fraction of sp³-hybridized carbons (Fsp3) is 0.480. The maximum Gasteiger partial charge on any atom is 0.275 e. The highest BCUT2D eigenvalue weighted by Gasteiger charge is 2.52. The van der Waals surface area contributed by atoms with E-state index in [0.717, 1.165) is 48.3 Å². The number of phenols is 1. The number of benzene rings is 2. The van der Waals surface area contributed by atoms with Gasteiger partial charge >= 0.3 is 0 Å². The highest BCUT2D eigenvalue weighted by atomic mass is 16.5. The molecule has 1 heterocycles. The molecule has 0 bridgehead atoms. The van der Waals surface area contributed by atoms with Gasteiger partial charge in [0.15, 0.2) is 18.0 Å². The van der Waals surface area contributed by atoms with E-state index in [2.05, 4.69) is 5.32 Å². The molecule has 1 amide bonds. The van der Waals surface area contributed by atoms with E-state index in [-0.39, 0.29) is 23.6 Å². The number of amides is 1. The predicted octanol–water partition coefficient (Wildman–Crippen LogP) is 1.97. The number of likely N-dealkylation sites (tertiary alicyclic amines) is 1. The Morgan fingerprint density at radius 2 is 2.00 bits per heavy atom. The zero-order chi connectivity index (χ0) is 21.8. The number of fused-ring (bicyclic) bond motifs is 1. The first-order chi connectivity index (χ1) is 15.0. The topological polar surface area (TPSA) is 83.2 Å². The van der Waals surface area contributed by atoms with Crippen LogP contribution in [0.3, 0.4) is 0 Å². The third-order valence-corrected chi connectivity index (χ3v) is 7.07. The second-order valence-corrected chi connectivity index (χ2v) is 8.96. The summed E-state index contributed by atoms with van der Waals surface area (Å²) in [5, 5.41) is 24.5. The molecule has 0 radical (unpaired) electrons. The fourth-order valence-corrected chi connectivity index (χ4v) is 5.47. The van der Waals surface area contributed by atoms with Crippen molar-refractivity contribution < 1.29 is 24.6 Å². The van der Waals surface area contributed by atoms with E-state index >= 15 is 0 Å². The number of nitrogens with one attached hydrogen (secondary N) is 2. The van der Waals surface area contributed by atoms with E-state index in [4.69, 9.17) is 4.74 Å². The van der Waals surface area contributed by atoms with Crippen molar-refractivity contribution in [3.8, 4) is 11.5 Å². The highest BCUT2D eigenvalue weighted by Crippen LogP contribution is 2.45. The normalized spacial score (nSPS) is 27.9. The number of methoxy groups -OCH3 is 1. The number of hydrogen-bond donors (Lipinski definition) is 4. The molecule has 6 heteroatoms. The Labute approximate surface area is 183 Å². The number of carbonyl (C=O) groups excluding carboxylic acids is 1. The minimum Gasteiger partial charge on any atom is -0.504 e. The van der Waals surface area contributed by atoms with Crippen molar-refractivity contribution in [3.63, 3.8) is 0 Å². The zero-order valence-corrected chi connectivity index (χ0v) is 18.1. The Balaban J connectivity index is 1.55. The van der Waals surface area contributed by atoms with Gasteiger partial charge in [0, 0.05) is 24.4 Å². The maximum absolute atomic E-state index is 12.8. The molecular weight excluding hydrogens is 392 g/mol. The molecule has 2 aromatic carbocycles. The smallest absolute Gasteiger partial charge is 0.275 e. The molecular formula is C25H33N2O4+. The number of ether oxygens (including phenoxy) is 1. The van der Waals surface area contributed by atoms with Crippen LogP contribution in [0.25, 0.3) is 0 Å². The van der Waals surface area contributed by atoms with Crippen molar-refractivity contribution >= 4 is 5.91 Å². The van der Waals surface area contributed by atoms with E-state index in [1.165, 1.54) is 7.11 Å². The van der Waals surface area contributed by atoms with Crippen molar-refractivity contribution in [2.24, 2.45) is 5.92 Å². The lowest BCUT2D eigenvalue weighted by Crippen LogP contribution is -3.16. The van der Waals surface area contributed by atoms with Gasteiger partial charge in [0.25, 0.3) is 5.91 Å². The molecule has 2 aromatic rings. The van der Waals surface area contributed by atoms with Crippen LogP contribution in [0.5, 0.6) is 11.5 Å². The summed E-state index contributed by atoms with van der Waals surface area (Å²) < 4.78 is 5.34. The Morgan fingerprint density at radius 1 is 1.19 bits per heavy atom. The van der Waals surface area contributed by atoms with Gasteiger partial charge in [0.1, 0.15) is 6.04 Å². The van der Waals surface area contributed by atoms with Crippen molar-refractivity contribution in [3.05, 3.63) is 59.7 Å². The lowest BCUT2D eigenvalue weighted by atomic mass is 9.66. The van der Waals surface area contributed by atoms with Crippen LogP contribution in [0.1, 0.15) is 49.3 Å². The Morgan fingerprint density at radius 3 is 2.77 bits per heavy atom. The molecule has 4 rings (SSSR count). The van der Waals surface area contributed by atoms with E-state index < -0.39 is 5.60 Å². The molecule has 0 aromatic heterocycles. The van der Waals surface area contributed by atoms with Crippen LogP contribution in [0, 0.1) is 5.92 Å². The first kappa shape index (κ1) is 21.7. The van der Waals surface area contributed by atoms with Gasteiger partial charge in [0.05, 0.1) is 19.3 Å². The second-order valence-electron chi connectivity index (χ2n) is 8.96. The van der Waals surface area contributed by atoms with Crippen LogP contribution < -0.4 is 15.0 Å². The van der Waals surface area contributed by atoms with Crippen LogP contribution in [0.2, 0.25) is 0 Å². The van der Waals surface area contributed by atoms with Crippen LogP contribution in [-0.2, 0) is 11.3 Å². The first-order valence-corrected chi connectivity index (χ1v) is 11.2. The fourth-order valence-electron chi connectivity index (χ4n) is 5.47. The molecule has 31 heavy (non-hydrogen) atoms. The first-order valence-electron chi connectivity index (χ1n) is 11.2. The number of aromatic hydroxyl groups is 1. The highest BCUT2D eigenvalue weighted by molar-refractivity contribution is 5.76.